The number of halogens is 2. The smallest absolute Gasteiger partial charge is 0.227 e. The molecular formula is C17H23Cl2N3O2. The molecule has 24 heavy (non-hydrogen) atoms. The van der Waals surface area contributed by atoms with Gasteiger partial charge in [-0.3, -0.25) is 9.59 Å². The number of nitrogens with one attached hydrogen (secondary N) is 2. The number of nitrogens with zero attached hydrogens (tertiary/aromatic N) is 1. The molecule has 0 saturated carbocycles. The van der Waals surface area contributed by atoms with E-state index in [9.17, 15) is 9.59 Å². The van der Waals surface area contributed by atoms with E-state index in [1.807, 2.05) is 12.1 Å². The van der Waals surface area contributed by atoms with Gasteiger partial charge in [0, 0.05) is 35.8 Å². The van der Waals surface area contributed by atoms with Gasteiger partial charge < -0.3 is 15.5 Å². The van der Waals surface area contributed by atoms with E-state index in [2.05, 4.69) is 17.6 Å². The number of hydrogen-bond donors (Lipinski definition) is 2. The predicted octanol–water partition coefficient (Wildman–Crippen LogP) is 2.37. The van der Waals surface area contributed by atoms with Crippen LogP contribution in [0.1, 0.15) is 26.2 Å². The minimum absolute atomic E-state index is 0. The normalized spacial score (nSPS) is 26.8. The number of hydrogen-bond acceptors (Lipinski definition) is 3. The quantitative estimate of drug-likeness (QED) is 0.857. The minimum Gasteiger partial charge on any atom is -0.352 e. The molecule has 1 aromatic carbocycles. The van der Waals surface area contributed by atoms with Gasteiger partial charge in [-0.25, -0.2) is 0 Å². The van der Waals surface area contributed by atoms with Gasteiger partial charge in [-0.1, -0.05) is 11.6 Å². The third kappa shape index (κ3) is 4.21. The van der Waals surface area contributed by atoms with Gasteiger partial charge in [-0.05, 0) is 50.6 Å². The van der Waals surface area contributed by atoms with Crippen LogP contribution in [-0.4, -0.2) is 37.0 Å². The Morgan fingerprint density at radius 2 is 2.04 bits per heavy atom. The van der Waals surface area contributed by atoms with Gasteiger partial charge in [-0.2, -0.15) is 0 Å². The second-order valence-electron chi connectivity index (χ2n) is 6.38. The van der Waals surface area contributed by atoms with Crippen molar-refractivity contribution in [2.24, 2.45) is 5.92 Å². The SMILES string of the molecule is CC1NCCCC1NC(=O)C1CC(=O)N(c2ccc(Cl)cc2)C1.Cl. The molecule has 2 heterocycles. The molecular weight excluding hydrogens is 349 g/mol. The Kier molecular flexibility index (Phi) is 6.49. The number of carbonyl (C=O) groups is 2. The van der Waals surface area contributed by atoms with Crippen molar-refractivity contribution in [3.63, 3.8) is 0 Å². The second-order valence-corrected chi connectivity index (χ2v) is 6.82. The zero-order chi connectivity index (χ0) is 16.4. The largest absolute Gasteiger partial charge is 0.352 e. The molecule has 7 heteroatoms. The van der Waals surface area contributed by atoms with Crippen LogP contribution in [0.2, 0.25) is 5.02 Å². The highest BCUT2D eigenvalue weighted by Gasteiger charge is 2.36. The lowest BCUT2D eigenvalue weighted by Crippen LogP contribution is -2.53. The van der Waals surface area contributed by atoms with Gasteiger partial charge in [0.25, 0.3) is 0 Å². The standard InChI is InChI=1S/C17H22ClN3O2.ClH/c1-11-15(3-2-8-19-11)20-17(23)12-9-16(22)21(10-12)14-6-4-13(18)5-7-14;/h4-7,11-12,15,19H,2-3,8-10H2,1H3,(H,20,23);1H. The van der Waals surface area contributed by atoms with Crippen LogP contribution in [0.3, 0.4) is 0 Å². The molecule has 2 N–H and O–H groups in total. The molecule has 3 atom stereocenters. The van der Waals surface area contributed by atoms with Crippen LogP contribution in [-0.2, 0) is 9.59 Å². The van der Waals surface area contributed by atoms with Crippen molar-refractivity contribution in [3.8, 4) is 0 Å². The number of piperidine rings is 1. The topological polar surface area (TPSA) is 61.4 Å². The zero-order valence-corrected chi connectivity index (χ0v) is 15.2. The first-order valence-electron chi connectivity index (χ1n) is 8.14. The number of amides is 2. The molecule has 0 bridgehead atoms. The van der Waals surface area contributed by atoms with Crippen molar-refractivity contribution < 1.29 is 9.59 Å². The lowest BCUT2D eigenvalue weighted by molar-refractivity contribution is -0.127. The van der Waals surface area contributed by atoms with E-state index in [1.54, 1.807) is 17.0 Å². The number of rotatable bonds is 3. The highest BCUT2D eigenvalue weighted by molar-refractivity contribution is 6.30. The van der Waals surface area contributed by atoms with E-state index in [1.165, 1.54) is 0 Å². The van der Waals surface area contributed by atoms with Gasteiger partial charge in [0.05, 0.1) is 5.92 Å². The van der Waals surface area contributed by atoms with Gasteiger partial charge in [-0.15, -0.1) is 12.4 Å². The summed E-state index contributed by atoms with van der Waals surface area (Å²) in [7, 11) is 0. The fraction of sp³-hybridized carbons (Fsp3) is 0.529. The number of benzene rings is 1. The van der Waals surface area contributed by atoms with E-state index in [4.69, 9.17) is 11.6 Å². The third-order valence-electron chi connectivity index (χ3n) is 4.72. The van der Waals surface area contributed by atoms with Crippen LogP contribution in [0, 0.1) is 5.92 Å². The molecule has 132 valence electrons. The van der Waals surface area contributed by atoms with Crippen LogP contribution < -0.4 is 15.5 Å². The Balaban J connectivity index is 0.00000208. The monoisotopic (exact) mass is 371 g/mol. The molecule has 0 spiro atoms. The fourth-order valence-electron chi connectivity index (χ4n) is 3.30. The molecule has 2 aliphatic rings. The molecule has 2 amide bonds. The summed E-state index contributed by atoms with van der Waals surface area (Å²) in [5, 5.41) is 7.12. The minimum atomic E-state index is -0.285. The molecule has 3 rings (SSSR count). The summed E-state index contributed by atoms with van der Waals surface area (Å²) in [5.74, 6) is -0.315. The van der Waals surface area contributed by atoms with Crippen LogP contribution in [0.25, 0.3) is 0 Å². The number of anilines is 1. The third-order valence-corrected chi connectivity index (χ3v) is 4.98. The van der Waals surface area contributed by atoms with Gasteiger partial charge in [0.15, 0.2) is 0 Å². The van der Waals surface area contributed by atoms with E-state index in [0.29, 0.717) is 11.6 Å². The van der Waals surface area contributed by atoms with Gasteiger partial charge >= 0.3 is 0 Å². The first-order valence-corrected chi connectivity index (χ1v) is 8.52. The van der Waals surface area contributed by atoms with E-state index >= 15 is 0 Å². The summed E-state index contributed by atoms with van der Waals surface area (Å²) in [4.78, 5) is 26.4. The second kappa shape index (κ2) is 8.19. The molecule has 3 unspecified atom stereocenters. The van der Waals surface area contributed by atoms with Crippen LogP contribution in [0.5, 0.6) is 0 Å². The van der Waals surface area contributed by atoms with E-state index in [-0.39, 0.29) is 48.6 Å². The summed E-state index contributed by atoms with van der Waals surface area (Å²) in [6, 6.07) is 7.56. The first-order chi connectivity index (χ1) is 11.0. The van der Waals surface area contributed by atoms with Crippen molar-refractivity contribution in [2.45, 2.75) is 38.3 Å². The number of carbonyl (C=O) groups excluding carboxylic acids is 2. The molecule has 0 aliphatic carbocycles. The average molecular weight is 372 g/mol. The Morgan fingerprint density at radius 1 is 1.33 bits per heavy atom. The molecule has 0 aromatic heterocycles. The lowest BCUT2D eigenvalue weighted by atomic mass is 9.98. The van der Waals surface area contributed by atoms with Crippen LogP contribution in [0.15, 0.2) is 24.3 Å². The molecule has 2 saturated heterocycles. The van der Waals surface area contributed by atoms with E-state index in [0.717, 1.165) is 25.1 Å². The highest BCUT2D eigenvalue weighted by atomic mass is 35.5. The van der Waals surface area contributed by atoms with Crippen molar-refractivity contribution in [1.29, 1.82) is 0 Å². The summed E-state index contributed by atoms with van der Waals surface area (Å²) in [5.41, 5.74) is 0.794. The van der Waals surface area contributed by atoms with Crippen molar-refractivity contribution >= 4 is 41.5 Å². The van der Waals surface area contributed by atoms with Gasteiger partial charge in [0.1, 0.15) is 0 Å². The Labute approximate surface area is 153 Å². The van der Waals surface area contributed by atoms with Crippen LogP contribution in [0.4, 0.5) is 5.69 Å². The molecule has 0 radical (unpaired) electrons. The van der Waals surface area contributed by atoms with Crippen molar-refractivity contribution in [1.82, 2.24) is 10.6 Å². The van der Waals surface area contributed by atoms with Gasteiger partial charge in [0.2, 0.25) is 11.8 Å². The molecule has 2 aliphatic heterocycles. The lowest BCUT2D eigenvalue weighted by Gasteiger charge is -2.31. The van der Waals surface area contributed by atoms with Crippen LogP contribution >= 0.6 is 24.0 Å². The Bertz CT molecular complexity index is 594. The maximum atomic E-state index is 12.5. The maximum Gasteiger partial charge on any atom is 0.227 e. The molecule has 2 fully saturated rings. The zero-order valence-electron chi connectivity index (χ0n) is 13.6. The first kappa shape index (κ1) is 19.0. The molecule has 5 nitrogen and oxygen atoms in total. The molecule has 1 aromatic rings. The highest BCUT2D eigenvalue weighted by Crippen LogP contribution is 2.26. The maximum absolute atomic E-state index is 12.5. The summed E-state index contributed by atoms with van der Waals surface area (Å²) < 4.78 is 0. The summed E-state index contributed by atoms with van der Waals surface area (Å²) >= 11 is 5.88. The summed E-state index contributed by atoms with van der Waals surface area (Å²) in [6.45, 7) is 3.52. The Morgan fingerprint density at radius 3 is 2.71 bits per heavy atom. The van der Waals surface area contributed by atoms with Crippen molar-refractivity contribution in [3.05, 3.63) is 29.3 Å². The predicted molar refractivity (Wildman–Crippen MR) is 97.8 cm³/mol. The average Bonchev–Trinajstić information content (AvgIpc) is 2.92. The Hall–Kier alpha value is -1.30. The summed E-state index contributed by atoms with van der Waals surface area (Å²) in [6.07, 6.45) is 2.32. The van der Waals surface area contributed by atoms with Crippen molar-refractivity contribution in [2.75, 3.05) is 18.0 Å². The fourth-order valence-corrected chi connectivity index (χ4v) is 3.42. The van der Waals surface area contributed by atoms with E-state index < -0.39 is 0 Å².